The zero-order chi connectivity index (χ0) is 37.8. The van der Waals surface area contributed by atoms with Crippen molar-refractivity contribution in [2.45, 2.75) is 63.3 Å². The maximum atomic E-state index is 13.5. The summed E-state index contributed by atoms with van der Waals surface area (Å²) in [6.45, 7) is 5.32. The van der Waals surface area contributed by atoms with Crippen molar-refractivity contribution in [3.8, 4) is 5.75 Å². The number of fused-ring (bicyclic) bond motifs is 2. The van der Waals surface area contributed by atoms with Gasteiger partial charge in [0.15, 0.2) is 0 Å². The molecular formula is C41H46N8O5S. The van der Waals surface area contributed by atoms with Crippen molar-refractivity contribution in [2.24, 2.45) is 18.4 Å². The lowest BCUT2D eigenvalue weighted by Crippen LogP contribution is -2.61. The third-order valence-corrected chi connectivity index (χ3v) is 13.7. The maximum Gasteiger partial charge on any atom is 0.329 e. The van der Waals surface area contributed by atoms with Gasteiger partial charge in [0.05, 0.1) is 44.7 Å². The fourth-order valence-electron chi connectivity index (χ4n) is 9.53. The summed E-state index contributed by atoms with van der Waals surface area (Å²) in [5.41, 5.74) is 4.62. The van der Waals surface area contributed by atoms with Gasteiger partial charge in [-0.3, -0.25) is 33.8 Å². The number of nitrogens with one attached hydrogen (secondary N) is 2. The monoisotopic (exact) mass is 762 g/mol. The van der Waals surface area contributed by atoms with E-state index in [1.165, 1.54) is 17.8 Å². The first-order valence-electron chi connectivity index (χ1n) is 19.4. The number of likely N-dealkylation sites (tertiary alicyclic amines) is 1. The minimum Gasteiger partial charge on any atom is -0.494 e. The Balaban J connectivity index is 0.786. The second kappa shape index (κ2) is 14.2. The predicted molar refractivity (Wildman–Crippen MR) is 212 cm³/mol. The highest BCUT2D eigenvalue weighted by atomic mass is 32.1. The average molecular weight is 763 g/mol. The number of nitrogens with zero attached hydrogens (tertiary/aromatic N) is 6. The highest BCUT2D eigenvalue weighted by Gasteiger charge is 2.45. The number of ether oxygens (including phenoxy) is 1. The summed E-state index contributed by atoms with van der Waals surface area (Å²) in [4.78, 5) is 65.0. The number of benzene rings is 2. The van der Waals surface area contributed by atoms with Crippen LogP contribution in [0.15, 0.2) is 59.5 Å². The van der Waals surface area contributed by atoms with Crippen LogP contribution in [0.4, 0.5) is 11.4 Å². The number of aryl methyl sites for hydroxylation is 1. The van der Waals surface area contributed by atoms with Gasteiger partial charge in [0.2, 0.25) is 11.8 Å². The van der Waals surface area contributed by atoms with Gasteiger partial charge in [0.25, 0.3) is 5.91 Å². The minimum absolute atomic E-state index is 0.228. The number of aromatic nitrogens is 4. The molecule has 1 atom stereocenters. The molecule has 2 aromatic carbocycles. The Kier molecular flexibility index (Phi) is 9.20. The molecule has 2 N–H and O–H groups in total. The van der Waals surface area contributed by atoms with Crippen LogP contribution in [0.3, 0.4) is 0 Å². The van der Waals surface area contributed by atoms with Crippen molar-refractivity contribution in [1.29, 1.82) is 0 Å². The van der Waals surface area contributed by atoms with Gasteiger partial charge in [-0.25, -0.2) is 9.78 Å². The molecule has 286 valence electrons. The number of amides is 3. The van der Waals surface area contributed by atoms with Crippen molar-refractivity contribution in [3.05, 3.63) is 75.9 Å². The zero-order valence-corrected chi connectivity index (χ0v) is 32.1. The molecule has 3 saturated heterocycles. The van der Waals surface area contributed by atoms with Crippen LogP contribution in [-0.2, 0) is 16.6 Å². The molecule has 3 aromatic heterocycles. The number of piperidine rings is 2. The Bertz CT molecular complexity index is 2340. The molecule has 4 aliphatic rings. The number of carbonyl (C=O) groups is 3. The van der Waals surface area contributed by atoms with Gasteiger partial charge in [-0.1, -0.05) is 12.1 Å². The van der Waals surface area contributed by atoms with Crippen LogP contribution in [0.2, 0.25) is 0 Å². The zero-order valence-electron chi connectivity index (χ0n) is 31.3. The molecule has 55 heavy (non-hydrogen) atoms. The van der Waals surface area contributed by atoms with Crippen molar-refractivity contribution in [3.63, 3.8) is 0 Å². The SMILES string of the molecule is COc1cc2nc([C@H]3CC[C@H](CN4CC5(CCN(c6cccc7c6n(C)c(=O)n7C6CCC(=O)NC6=O)CC5)C4)CC3)sc2cc1NC(=O)c1ccccn1. The number of para-hydroxylation sites is 1. The van der Waals surface area contributed by atoms with E-state index < -0.39 is 11.9 Å². The normalized spacial score (nSPS) is 22.9. The number of pyridine rings is 1. The van der Waals surface area contributed by atoms with E-state index in [9.17, 15) is 19.2 Å². The second-order valence-corrected chi connectivity index (χ2v) is 17.0. The van der Waals surface area contributed by atoms with Gasteiger partial charge in [-0.15, -0.1) is 11.3 Å². The first kappa shape index (κ1) is 35.6. The van der Waals surface area contributed by atoms with E-state index in [0.717, 1.165) is 85.3 Å². The quantitative estimate of drug-likeness (QED) is 0.197. The Labute approximate surface area is 322 Å². The van der Waals surface area contributed by atoms with E-state index in [2.05, 4.69) is 31.5 Å². The van der Waals surface area contributed by atoms with Crippen molar-refractivity contribution < 1.29 is 19.1 Å². The molecule has 0 bridgehead atoms. The third kappa shape index (κ3) is 6.58. The molecule has 13 nitrogen and oxygen atoms in total. The lowest BCUT2D eigenvalue weighted by atomic mass is 9.71. The van der Waals surface area contributed by atoms with Crippen LogP contribution < -0.4 is 26.0 Å². The van der Waals surface area contributed by atoms with E-state index in [1.807, 2.05) is 24.3 Å². The van der Waals surface area contributed by atoms with Gasteiger partial charge in [-0.2, -0.15) is 0 Å². The third-order valence-electron chi connectivity index (χ3n) is 12.5. The fraction of sp³-hybridized carbons (Fsp3) is 0.463. The number of hydrogen-bond acceptors (Lipinski definition) is 10. The van der Waals surface area contributed by atoms with Crippen molar-refractivity contribution in [1.82, 2.24) is 29.3 Å². The molecule has 3 aliphatic heterocycles. The average Bonchev–Trinajstić information content (AvgIpc) is 3.72. The number of carbonyl (C=O) groups excluding carboxylic acids is 3. The van der Waals surface area contributed by atoms with E-state index in [4.69, 9.17) is 9.72 Å². The summed E-state index contributed by atoms with van der Waals surface area (Å²) in [6, 6.07) is 14.4. The van der Waals surface area contributed by atoms with Crippen LogP contribution in [0.25, 0.3) is 21.3 Å². The summed E-state index contributed by atoms with van der Waals surface area (Å²) in [5.74, 6) is 0.760. The molecule has 9 rings (SSSR count). The smallest absolute Gasteiger partial charge is 0.329 e. The molecule has 6 heterocycles. The lowest BCUT2D eigenvalue weighted by Gasteiger charge is -2.55. The van der Waals surface area contributed by atoms with E-state index in [-0.39, 0.29) is 23.9 Å². The van der Waals surface area contributed by atoms with Gasteiger partial charge in [0.1, 0.15) is 17.5 Å². The Morgan fingerprint density at radius 3 is 2.55 bits per heavy atom. The molecule has 14 heteroatoms. The number of methoxy groups -OCH3 is 1. The van der Waals surface area contributed by atoms with E-state index >= 15 is 0 Å². The second-order valence-electron chi connectivity index (χ2n) is 15.9. The molecular weight excluding hydrogens is 717 g/mol. The first-order valence-corrected chi connectivity index (χ1v) is 20.2. The van der Waals surface area contributed by atoms with Crippen LogP contribution in [0.1, 0.15) is 78.8 Å². The Morgan fingerprint density at radius 2 is 1.82 bits per heavy atom. The van der Waals surface area contributed by atoms with E-state index in [0.29, 0.717) is 40.8 Å². The molecule has 5 aromatic rings. The van der Waals surface area contributed by atoms with Gasteiger partial charge < -0.3 is 19.9 Å². The number of anilines is 2. The van der Waals surface area contributed by atoms with Gasteiger partial charge in [0, 0.05) is 64.4 Å². The number of rotatable bonds is 8. The van der Waals surface area contributed by atoms with Crippen molar-refractivity contribution in [2.75, 3.05) is 50.1 Å². The summed E-state index contributed by atoms with van der Waals surface area (Å²) in [7, 11) is 3.38. The fourth-order valence-corrected chi connectivity index (χ4v) is 10.7. The standard InChI is InChI=1S/C41H46N8O5S/c1-46-36-30(7-5-8-31(36)49(40(46)53)32-13-14-35(50)45-38(32)52)48-18-15-41(16-19-48)23-47(24-41)22-25-9-11-26(12-10-25)39-44-29-20-33(54-2)28(21-34(29)55-39)43-37(51)27-6-3-4-17-42-27/h3-8,17,20-21,25-26,32H,9-16,18-19,22-24H2,1-2H3,(H,43,51)(H,45,50,52)/t25-,26-,32?. The molecule has 3 amide bonds. The number of thiazole rings is 1. The molecule has 1 spiro atoms. The molecule has 1 unspecified atom stereocenters. The largest absolute Gasteiger partial charge is 0.494 e. The van der Waals surface area contributed by atoms with Crippen LogP contribution in [0.5, 0.6) is 5.75 Å². The number of hydrogen-bond donors (Lipinski definition) is 2. The summed E-state index contributed by atoms with van der Waals surface area (Å²) >= 11 is 1.72. The van der Waals surface area contributed by atoms with Gasteiger partial charge >= 0.3 is 5.69 Å². The van der Waals surface area contributed by atoms with Crippen LogP contribution >= 0.6 is 11.3 Å². The van der Waals surface area contributed by atoms with Crippen molar-refractivity contribution >= 4 is 61.7 Å². The number of imidazole rings is 1. The van der Waals surface area contributed by atoms with Gasteiger partial charge in [-0.05, 0) is 86.6 Å². The molecule has 1 aliphatic carbocycles. The lowest BCUT2D eigenvalue weighted by molar-refractivity contribution is -0.135. The summed E-state index contributed by atoms with van der Waals surface area (Å²) < 4.78 is 9.89. The Morgan fingerprint density at radius 1 is 1.02 bits per heavy atom. The minimum atomic E-state index is -0.684. The highest BCUT2D eigenvalue weighted by molar-refractivity contribution is 7.18. The molecule has 1 saturated carbocycles. The summed E-state index contributed by atoms with van der Waals surface area (Å²) in [5, 5.41) is 6.54. The van der Waals surface area contributed by atoms with Crippen LogP contribution in [-0.4, -0.2) is 81.6 Å². The van der Waals surface area contributed by atoms with Crippen LogP contribution in [0, 0.1) is 11.3 Å². The van der Waals surface area contributed by atoms with E-state index in [1.54, 1.807) is 59.0 Å². The first-order chi connectivity index (χ1) is 26.7. The number of imide groups is 1. The molecule has 4 fully saturated rings. The highest BCUT2D eigenvalue weighted by Crippen LogP contribution is 2.45. The Hall–Kier alpha value is -5.08. The topological polar surface area (TPSA) is 144 Å². The maximum absolute atomic E-state index is 13.5. The molecule has 0 radical (unpaired) electrons. The predicted octanol–water partition coefficient (Wildman–Crippen LogP) is 5.46. The summed E-state index contributed by atoms with van der Waals surface area (Å²) in [6.07, 6.45) is 9.07.